The maximum atomic E-state index is 12.2. The zero-order chi connectivity index (χ0) is 15.1. The average molecular weight is 276 g/mol. The fourth-order valence-electron chi connectivity index (χ4n) is 2.22. The molecule has 1 heterocycles. The molecule has 0 saturated carbocycles. The van der Waals surface area contributed by atoms with Crippen molar-refractivity contribution >= 4 is 17.7 Å². The van der Waals surface area contributed by atoms with Crippen molar-refractivity contribution in [1.29, 1.82) is 0 Å². The molecule has 5 nitrogen and oxygen atoms in total. The molecule has 0 aliphatic carbocycles. The van der Waals surface area contributed by atoms with E-state index in [-0.39, 0.29) is 5.91 Å². The van der Waals surface area contributed by atoms with Gasteiger partial charge in [0.2, 0.25) is 0 Å². The van der Waals surface area contributed by atoms with Crippen LogP contribution < -0.4 is 10.2 Å². The quantitative estimate of drug-likeness (QED) is 0.857. The summed E-state index contributed by atoms with van der Waals surface area (Å²) in [5, 5.41) is 2.65. The molecule has 0 saturated heterocycles. The first-order valence-corrected chi connectivity index (χ1v) is 6.56. The van der Waals surface area contributed by atoms with E-state index in [9.17, 15) is 9.59 Å². The fraction of sp³-hybridized carbons (Fsp3) is 0.467. The highest BCUT2D eigenvalue weighted by Gasteiger charge is 2.37. The molecule has 20 heavy (non-hydrogen) atoms. The molecule has 0 radical (unpaired) electrons. The SMILES string of the molecule is Cc1ccc2c(c1)C(NC(=O)OC(C)(C)C)C(=O)N2C. The summed E-state index contributed by atoms with van der Waals surface area (Å²) in [4.78, 5) is 25.6. The second kappa shape index (κ2) is 4.81. The number of carbonyl (C=O) groups is 2. The number of likely N-dealkylation sites (N-methyl/N-ethyl adjacent to an activating group) is 1. The first-order valence-electron chi connectivity index (χ1n) is 6.56. The third-order valence-electron chi connectivity index (χ3n) is 3.09. The molecular formula is C15H20N2O3. The smallest absolute Gasteiger partial charge is 0.408 e. The summed E-state index contributed by atoms with van der Waals surface area (Å²) in [5.41, 5.74) is 2.08. The summed E-state index contributed by atoms with van der Waals surface area (Å²) in [5.74, 6) is -0.156. The molecule has 1 aromatic rings. The number of carbonyl (C=O) groups excluding carboxylic acids is 2. The summed E-state index contributed by atoms with van der Waals surface area (Å²) in [7, 11) is 1.70. The van der Waals surface area contributed by atoms with Gasteiger partial charge in [0.1, 0.15) is 11.6 Å². The van der Waals surface area contributed by atoms with E-state index in [1.54, 1.807) is 32.7 Å². The van der Waals surface area contributed by atoms with E-state index >= 15 is 0 Å². The monoisotopic (exact) mass is 276 g/mol. The standard InChI is InChI=1S/C15H20N2O3/c1-9-6-7-11-10(8-9)12(13(18)17(11)5)16-14(19)20-15(2,3)4/h6-8,12H,1-5H3,(H,16,19). The number of benzene rings is 1. The van der Waals surface area contributed by atoms with Crippen LogP contribution in [0.15, 0.2) is 18.2 Å². The zero-order valence-electron chi connectivity index (χ0n) is 12.5. The minimum absolute atomic E-state index is 0.156. The van der Waals surface area contributed by atoms with E-state index in [0.717, 1.165) is 16.8 Å². The van der Waals surface area contributed by atoms with Crippen LogP contribution in [-0.4, -0.2) is 24.6 Å². The van der Waals surface area contributed by atoms with Crippen molar-refractivity contribution in [2.24, 2.45) is 0 Å². The Labute approximate surface area is 118 Å². The van der Waals surface area contributed by atoms with E-state index in [2.05, 4.69) is 5.32 Å². The van der Waals surface area contributed by atoms with Crippen LogP contribution in [0.2, 0.25) is 0 Å². The number of anilines is 1. The second-order valence-electron chi connectivity index (χ2n) is 6.04. The van der Waals surface area contributed by atoms with Gasteiger partial charge in [-0.3, -0.25) is 4.79 Å². The highest BCUT2D eigenvalue weighted by Crippen LogP contribution is 2.35. The van der Waals surface area contributed by atoms with Crippen LogP contribution in [0, 0.1) is 6.92 Å². The number of hydrogen-bond donors (Lipinski definition) is 1. The predicted molar refractivity (Wildman–Crippen MR) is 76.7 cm³/mol. The van der Waals surface area contributed by atoms with Gasteiger partial charge in [-0.15, -0.1) is 0 Å². The van der Waals surface area contributed by atoms with E-state index in [4.69, 9.17) is 4.74 Å². The first-order chi connectivity index (χ1) is 9.19. The molecule has 108 valence electrons. The normalized spacial score (nSPS) is 17.9. The third kappa shape index (κ3) is 2.76. The van der Waals surface area contributed by atoms with E-state index in [1.807, 2.05) is 25.1 Å². The Morgan fingerprint density at radius 1 is 1.35 bits per heavy atom. The number of aryl methyl sites for hydroxylation is 1. The van der Waals surface area contributed by atoms with Crippen LogP contribution in [0.25, 0.3) is 0 Å². The van der Waals surface area contributed by atoms with Gasteiger partial charge in [-0.05, 0) is 33.8 Å². The Kier molecular flexibility index (Phi) is 3.46. The molecule has 0 bridgehead atoms. The summed E-state index contributed by atoms with van der Waals surface area (Å²) in [6, 6.07) is 5.07. The number of ether oxygens (including phenoxy) is 1. The molecule has 1 unspecified atom stereocenters. The lowest BCUT2D eigenvalue weighted by atomic mass is 10.1. The summed E-state index contributed by atoms with van der Waals surface area (Å²) >= 11 is 0. The number of fused-ring (bicyclic) bond motifs is 1. The van der Waals surface area contributed by atoms with Crippen LogP contribution >= 0.6 is 0 Å². The Morgan fingerprint density at radius 2 is 2.00 bits per heavy atom. The lowest BCUT2D eigenvalue weighted by Crippen LogP contribution is -2.39. The maximum absolute atomic E-state index is 12.2. The van der Waals surface area contributed by atoms with Gasteiger partial charge >= 0.3 is 6.09 Å². The Balaban J connectivity index is 2.23. The first kappa shape index (κ1) is 14.4. The lowest BCUT2D eigenvalue weighted by Gasteiger charge is -2.21. The molecule has 2 rings (SSSR count). The minimum Gasteiger partial charge on any atom is -0.444 e. The zero-order valence-corrected chi connectivity index (χ0v) is 12.5. The van der Waals surface area contributed by atoms with Crippen molar-refractivity contribution in [3.8, 4) is 0 Å². The van der Waals surface area contributed by atoms with Gasteiger partial charge in [0.25, 0.3) is 5.91 Å². The number of nitrogens with one attached hydrogen (secondary N) is 1. The summed E-state index contributed by atoms with van der Waals surface area (Å²) in [6.45, 7) is 7.31. The molecule has 2 amide bonds. The summed E-state index contributed by atoms with van der Waals surface area (Å²) < 4.78 is 5.21. The van der Waals surface area contributed by atoms with Gasteiger partial charge in [0, 0.05) is 18.3 Å². The van der Waals surface area contributed by atoms with Crippen molar-refractivity contribution < 1.29 is 14.3 Å². The molecule has 1 aliphatic heterocycles. The summed E-state index contributed by atoms with van der Waals surface area (Å²) in [6.07, 6.45) is -0.585. The predicted octanol–water partition coefficient (Wildman–Crippen LogP) is 2.54. The largest absolute Gasteiger partial charge is 0.444 e. The van der Waals surface area contributed by atoms with Crippen molar-refractivity contribution in [2.75, 3.05) is 11.9 Å². The molecule has 0 spiro atoms. The average Bonchev–Trinajstić information content (AvgIpc) is 2.52. The molecule has 0 aromatic heterocycles. The molecule has 5 heteroatoms. The van der Waals surface area contributed by atoms with Crippen LogP contribution in [0.5, 0.6) is 0 Å². The van der Waals surface area contributed by atoms with Gasteiger partial charge in [-0.1, -0.05) is 17.7 Å². The molecule has 1 atom stereocenters. The number of nitrogens with zero attached hydrogens (tertiary/aromatic N) is 1. The Hall–Kier alpha value is -2.04. The van der Waals surface area contributed by atoms with Crippen molar-refractivity contribution in [3.05, 3.63) is 29.3 Å². The Morgan fingerprint density at radius 3 is 2.60 bits per heavy atom. The molecule has 1 N–H and O–H groups in total. The van der Waals surface area contributed by atoms with Gasteiger partial charge in [0.15, 0.2) is 0 Å². The topological polar surface area (TPSA) is 58.6 Å². The van der Waals surface area contributed by atoms with E-state index in [0.29, 0.717) is 0 Å². The van der Waals surface area contributed by atoms with Crippen LogP contribution in [-0.2, 0) is 9.53 Å². The Bertz CT molecular complexity index is 561. The highest BCUT2D eigenvalue weighted by molar-refractivity contribution is 6.05. The number of hydrogen-bond acceptors (Lipinski definition) is 3. The number of amides is 2. The molecule has 0 fully saturated rings. The van der Waals surface area contributed by atoms with Gasteiger partial charge in [-0.25, -0.2) is 4.79 Å². The second-order valence-corrected chi connectivity index (χ2v) is 6.04. The van der Waals surface area contributed by atoms with Gasteiger partial charge < -0.3 is 15.0 Å². The lowest BCUT2D eigenvalue weighted by molar-refractivity contribution is -0.119. The van der Waals surface area contributed by atoms with E-state index in [1.165, 1.54) is 0 Å². The molecule has 1 aromatic carbocycles. The van der Waals surface area contributed by atoms with Gasteiger partial charge in [-0.2, -0.15) is 0 Å². The number of rotatable bonds is 1. The van der Waals surface area contributed by atoms with Crippen molar-refractivity contribution in [1.82, 2.24) is 5.32 Å². The highest BCUT2D eigenvalue weighted by atomic mass is 16.6. The van der Waals surface area contributed by atoms with Crippen LogP contribution in [0.4, 0.5) is 10.5 Å². The minimum atomic E-state index is -0.676. The van der Waals surface area contributed by atoms with Gasteiger partial charge in [0.05, 0.1) is 0 Å². The molecular weight excluding hydrogens is 256 g/mol. The maximum Gasteiger partial charge on any atom is 0.408 e. The van der Waals surface area contributed by atoms with Crippen LogP contribution in [0.3, 0.4) is 0 Å². The van der Waals surface area contributed by atoms with Crippen molar-refractivity contribution in [3.63, 3.8) is 0 Å². The number of alkyl carbamates (subject to hydrolysis) is 1. The van der Waals surface area contributed by atoms with Crippen LogP contribution in [0.1, 0.15) is 37.9 Å². The van der Waals surface area contributed by atoms with E-state index < -0.39 is 17.7 Å². The molecule has 1 aliphatic rings. The fourth-order valence-corrected chi connectivity index (χ4v) is 2.22. The van der Waals surface area contributed by atoms with Crippen molar-refractivity contribution in [2.45, 2.75) is 39.3 Å². The third-order valence-corrected chi connectivity index (χ3v) is 3.09.